The summed E-state index contributed by atoms with van der Waals surface area (Å²) >= 11 is 0. The molecule has 0 aromatic heterocycles. The van der Waals surface area contributed by atoms with E-state index in [1.807, 2.05) is 6.92 Å². The van der Waals surface area contributed by atoms with Crippen LogP contribution in [0.1, 0.15) is 43.0 Å². The van der Waals surface area contributed by atoms with Crippen LogP contribution < -0.4 is 10.6 Å². The van der Waals surface area contributed by atoms with Gasteiger partial charge in [0.15, 0.2) is 9.84 Å². The Bertz CT molecular complexity index is 628. The first-order valence-electron chi connectivity index (χ1n) is 8.35. The zero-order valence-electron chi connectivity index (χ0n) is 14.1. The summed E-state index contributed by atoms with van der Waals surface area (Å²) in [6.45, 7) is 4.47. The van der Waals surface area contributed by atoms with Gasteiger partial charge >= 0.3 is 0 Å². The van der Waals surface area contributed by atoms with Crippen molar-refractivity contribution < 1.29 is 13.2 Å². The van der Waals surface area contributed by atoms with Crippen molar-refractivity contribution in [1.82, 2.24) is 10.6 Å². The van der Waals surface area contributed by atoms with Crippen LogP contribution in [0.25, 0.3) is 0 Å². The number of halogens is 1. The van der Waals surface area contributed by atoms with Crippen molar-refractivity contribution in [3.63, 3.8) is 0 Å². The van der Waals surface area contributed by atoms with E-state index in [-0.39, 0.29) is 34.5 Å². The van der Waals surface area contributed by atoms with Gasteiger partial charge in [0, 0.05) is 6.54 Å². The molecule has 1 heterocycles. The molecule has 1 fully saturated rings. The summed E-state index contributed by atoms with van der Waals surface area (Å²) in [5, 5.41) is 6.23. The number of benzene rings is 1. The number of piperidine rings is 1. The molecule has 7 heteroatoms. The number of carbonyl (C=O) groups is 1. The number of hydrogen-bond donors (Lipinski definition) is 2. The zero-order chi connectivity index (χ0) is 16.7. The van der Waals surface area contributed by atoms with Crippen molar-refractivity contribution in [3.05, 3.63) is 29.8 Å². The molecule has 2 N–H and O–H groups in total. The Hall–Kier alpha value is -1.11. The quantitative estimate of drug-likeness (QED) is 0.768. The molecule has 0 spiro atoms. The molecule has 136 valence electrons. The molecular weight excluding hydrogens is 348 g/mol. The summed E-state index contributed by atoms with van der Waals surface area (Å²) in [5.74, 6) is 0.345. The third kappa shape index (κ3) is 5.76. The molecule has 1 unspecified atom stereocenters. The zero-order valence-corrected chi connectivity index (χ0v) is 15.7. The van der Waals surface area contributed by atoms with Gasteiger partial charge in [0.2, 0.25) is 0 Å². The summed E-state index contributed by atoms with van der Waals surface area (Å²) in [4.78, 5) is 12.5. The second-order valence-electron chi connectivity index (χ2n) is 6.07. The van der Waals surface area contributed by atoms with Gasteiger partial charge < -0.3 is 10.6 Å². The van der Waals surface area contributed by atoms with Crippen molar-refractivity contribution in [2.45, 2.75) is 37.5 Å². The van der Waals surface area contributed by atoms with Gasteiger partial charge in [-0.1, -0.05) is 19.1 Å². The van der Waals surface area contributed by atoms with E-state index in [9.17, 15) is 13.2 Å². The number of rotatable bonds is 7. The lowest BCUT2D eigenvalue weighted by Gasteiger charge is -2.22. The second-order valence-corrected chi connectivity index (χ2v) is 8.15. The number of amides is 1. The first-order valence-corrected chi connectivity index (χ1v) is 10.0. The molecule has 0 aliphatic carbocycles. The summed E-state index contributed by atoms with van der Waals surface area (Å²) in [6, 6.07) is 6.46. The Morgan fingerprint density at radius 2 is 2.08 bits per heavy atom. The van der Waals surface area contributed by atoms with E-state index in [1.54, 1.807) is 18.2 Å². The molecule has 1 aliphatic heterocycles. The first kappa shape index (κ1) is 20.9. The number of sulfone groups is 1. The highest BCUT2D eigenvalue weighted by Gasteiger charge is 2.21. The Balaban J connectivity index is 0.00000288. The van der Waals surface area contributed by atoms with Crippen molar-refractivity contribution in [2.24, 2.45) is 5.92 Å². The van der Waals surface area contributed by atoms with Gasteiger partial charge in [0.05, 0.1) is 16.2 Å². The first-order chi connectivity index (χ1) is 11.0. The lowest BCUT2D eigenvalue weighted by atomic mass is 9.96. The Morgan fingerprint density at radius 1 is 1.33 bits per heavy atom. The molecule has 24 heavy (non-hydrogen) atoms. The molecule has 2 rings (SSSR count). The van der Waals surface area contributed by atoms with E-state index in [1.165, 1.54) is 18.9 Å². The lowest BCUT2D eigenvalue weighted by molar-refractivity contribution is 0.0947. The summed E-state index contributed by atoms with van der Waals surface area (Å²) < 4.78 is 24.6. The van der Waals surface area contributed by atoms with Gasteiger partial charge in [-0.25, -0.2) is 8.42 Å². The molecule has 1 aromatic rings. The molecule has 0 radical (unpaired) electrons. The van der Waals surface area contributed by atoms with Crippen molar-refractivity contribution in [3.8, 4) is 0 Å². The van der Waals surface area contributed by atoms with Gasteiger partial charge in [-0.3, -0.25) is 4.79 Å². The third-order valence-corrected chi connectivity index (χ3v) is 6.15. The largest absolute Gasteiger partial charge is 0.352 e. The number of nitrogens with one attached hydrogen (secondary N) is 2. The van der Waals surface area contributed by atoms with E-state index in [4.69, 9.17) is 0 Å². The van der Waals surface area contributed by atoms with Crippen LogP contribution in [-0.2, 0) is 9.84 Å². The highest BCUT2D eigenvalue weighted by Crippen LogP contribution is 2.18. The fourth-order valence-corrected chi connectivity index (χ4v) is 4.50. The van der Waals surface area contributed by atoms with Crippen LogP contribution in [0.2, 0.25) is 0 Å². The number of hydrogen-bond acceptors (Lipinski definition) is 4. The lowest BCUT2D eigenvalue weighted by Crippen LogP contribution is -2.33. The Labute approximate surface area is 150 Å². The standard InChI is InChI=1S/C17H26N2O3S.ClH/c1-2-12-23(21,22)16-8-4-3-7-15(16)17(20)19-11-9-14-6-5-10-18-13-14;/h3-4,7-8,14,18H,2,5-6,9-13H2,1H3,(H,19,20);1H. The molecule has 1 atom stereocenters. The van der Waals surface area contributed by atoms with Gasteiger partial charge in [-0.2, -0.15) is 0 Å². The summed E-state index contributed by atoms with van der Waals surface area (Å²) in [5.41, 5.74) is 0.253. The highest BCUT2D eigenvalue weighted by molar-refractivity contribution is 7.91. The topological polar surface area (TPSA) is 75.3 Å². The maximum Gasteiger partial charge on any atom is 0.252 e. The van der Waals surface area contributed by atoms with Crippen molar-refractivity contribution >= 4 is 28.2 Å². The summed E-state index contributed by atoms with van der Waals surface area (Å²) in [6.07, 6.45) is 3.82. The SMILES string of the molecule is CCCS(=O)(=O)c1ccccc1C(=O)NCCC1CCCNC1.Cl. The van der Waals surface area contributed by atoms with E-state index < -0.39 is 9.84 Å². The van der Waals surface area contributed by atoms with Gasteiger partial charge in [0.25, 0.3) is 5.91 Å². The van der Waals surface area contributed by atoms with Crippen LogP contribution in [0.15, 0.2) is 29.2 Å². The van der Waals surface area contributed by atoms with Gasteiger partial charge in [0.1, 0.15) is 0 Å². The van der Waals surface area contributed by atoms with Crippen LogP contribution >= 0.6 is 12.4 Å². The molecule has 1 aliphatic rings. The second kappa shape index (κ2) is 10.0. The Kier molecular flexibility index (Phi) is 8.73. The minimum atomic E-state index is -3.40. The highest BCUT2D eigenvalue weighted by atomic mass is 35.5. The fourth-order valence-electron chi connectivity index (χ4n) is 2.96. The molecule has 1 saturated heterocycles. The van der Waals surface area contributed by atoms with E-state index in [0.29, 0.717) is 18.9 Å². The van der Waals surface area contributed by atoms with Gasteiger partial charge in [-0.05, 0) is 56.8 Å². The van der Waals surface area contributed by atoms with Crippen LogP contribution in [0.5, 0.6) is 0 Å². The van der Waals surface area contributed by atoms with E-state index >= 15 is 0 Å². The average Bonchev–Trinajstić information content (AvgIpc) is 2.56. The fraction of sp³-hybridized carbons (Fsp3) is 0.588. The van der Waals surface area contributed by atoms with E-state index in [0.717, 1.165) is 19.5 Å². The van der Waals surface area contributed by atoms with Crippen LogP contribution in [0.4, 0.5) is 0 Å². The van der Waals surface area contributed by atoms with Crippen molar-refractivity contribution in [1.29, 1.82) is 0 Å². The number of carbonyl (C=O) groups excluding carboxylic acids is 1. The van der Waals surface area contributed by atoms with Crippen LogP contribution in [0, 0.1) is 5.92 Å². The smallest absolute Gasteiger partial charge is 0.252 e. The maximum absolute atomic E-state index is 12.4. The maximum atomic E-state index is 12.4. The predicted molar refractivity (Wildman–Crippen MR) is 98.6 cm³/mol. The molecular formula is C17H27ClN2O3S. The molecule has 0 bridgehead atoms. The third-order valence-electron chi connectivity index (χ3n) is 4.18. The minimum absolute atomic E-state index is 0. The Morgan fingerprint density at radius 3 is 2.75 bits per heavy atom. The molecule has 0 saturated carbocycles. The van der Waals surface area contributed by atoms with Crippen molar-refractivity contribution in [2.75, 3.05) is 25.4 Å². The van der Waals surface area contributed by atoms with E-state index in [2.05, 4.69) is 10.6 Å². The van der Waals surface area contributed by atoms with Crippen LogP contribution in [0.3, 0.4) is 0 Å². The monoisotopic (exact) mass is 374 g/mol. The normalized spacial score (nSPS) is 17.8. The van der Waals surface area contributed by atoms with Crippen LogP contribution in [-0.4, -0.2) is 39.7 Å². The van der Waals surface area contributed by atoms with Gasteiger partial charge in [-0.15, -0.1) is 12.4 Å². The molecule has 1 aromatic carbocycles. The summed E-state index contributed by atoms with van der Waals surface area (Å²) in [7, 11) is -3.40. The minimum Gasteiger partial charge on any atom is -0.352 e. The average molecular weight is 375 g/mol. The molecule has 1 amide bonds. The molecule has 5 nitrogen and oxygen atoms in total. The predicted octanol–water partition coefficient (Wildman–Crippen LogP) is 2.41.